The second-order valence-electron chi connectivity index (χ2n) is 21.0. The average molecular weight is 1510 g/mol. The molecule has 0 fully saturated rings. The van der Waals surface area contributed by atoms with Crippen molar-refractivity contribution in [2.45, 2.75) is 129 Å². The molecule has 20 nitrogen and oxygen atoms in total. The number of ether oxygens (including phenoxy) is 2. The van der Waals surface area contributed by atoms with Gasteiger partial charge in [0.25, 0.3) is 5.56 Å². The van der Waals surface area contributed by atoms with Crippen LogP contribution in [0.5, 0.6) is 11.5 Å². The lowest BCUT2D eigenvalue weighted by Gasteiger charge is -2.21. The van der Waals surface area contributed by atoms with Gasteiger partial charge in [-0.25, -0.2) is 19.9 Å². The van der Waals surface area contributed by atoms with E-state index in [9.17, 15) is 14.2 Å². The van der Waals surface area contributed by atoms with E-state index < -0.39 is 5.20 Å². The van der Waals surface area contributed by atoms with Gasteiger partial charge in [0.15, 0.2) is 11.1 Å². The molecule has 7 heterocycles. The SMILES string of the molecule is CC(=O)c1c(N)sc2c1CCCC2.CCCCO.CNc1ccc(OC)cc1.COc1ccc(N(C)c2nc(N)nc3sc4c(c23)CCCC4)cc1.Cl.Cl.N=C(N)Cl.Nc1nc(Cl)c2c3c(sc2n1)CCCC3.Nc1nc2sc3c(c2c(=O)[nH]1)CCCC3.O=P(Cl)(Cl)Cl. The number of H-pyrrole nitrogens is 1. The molecule has 4 aliphatic carbocycles. The molecule has 32 heteroatoms. The number of amidine groups is 1. The number of aromatic nitrogens is 6. The summed E-state index contributed by atoms with van der Waals surface area (Å²) in [5, 5.41) is 17.8. The topological polar surface area (TPSA) is 339 Å². The monoisotopic (exact) mass is 1510 g/mol. The van der Waals surface area contributed by atoms with Crippen LogP contribution in [-0.2, 0) is 55.9 Å². The van der Waals surface area contributed by atoms with Gasteiger partial charge in [-0.2, -0.15) is 4.98 Å². The predicted molar refractivity (Wildman–Crippen MR) is 402 cm³/mol. The van der Waals surface area contributed by atoms with Crippen molar-refractivity contribution < 1.29 is 23.9 Å². The zero-order valence-corrected chi connectivity index (χ0v) is 62.0. The summed E-state index contributed by atoms with van der Waals surface area (Å²) in [5.41, 5.74) is 35.4. The van der Waals surface area contributed by atoms with Gasteiger partial charge in [-0.15, -0.1) is 70.2 Å². The van der Waals surface area contributed by atoms with E-state index in [2.05, 4.69) is 98.1 Å². The van der Waals surface area contributed by atoms with Crippen LogP contribution >= 0.6 is 132 Å². The zero-order chi connectivity index (χ0) is 66.5. The van der Waals surface area contributed by atoms with Crippen molar-refractivity contribution in [3.05, 3.63) is 111 Å². The van der Waals surface area contributed by atoms with Crippen LogP contribution in [0.4, 0.5) is 40.0 Å². The summed E-state index contributed by atoms with van der Waals surface area (Å²) < 4.78 is 19.7. The third kappa shape index (κ3) is 23.6. The standard InChI is InChI=1S/C18H20N4OS.C10H10ClN3S.C10H11N3OS.C10H13NOS.C8H11NO.C4H10O.CH3ClN2.Cl3OP.2ClH/c1-22(11-7-9-12(23-2)10-8-11)16-15-13-5-3-4-6-14(13)24-17(15)21-18(19)20-16;11-8-7-5-3-1-2-4-6(5)15-9(7)14-10(12)13-8;11-10-12-8(14)7-5-3-1-2-4-6(5)15-9(7)13-10;1-6(12)9-7-4-2-3-5-8(7)13-10(9)11;1-9-7-3-5-8(10-2)6-4-7;1-2-3-4-5;2-1(3)4;1-5(2,3)4;;/h7-10H,3-6H2,1-2H3,(H2,19,20,21);1-4H2,(H2,12,13,14);1-4H2,(H3,11,12,13,14);2-5,11H2,1H3;3-6,9H,1-2H3;5H,2-4H2,1H3;(H3,3,4);;2*1H. The molecule has 0 spiro atoms. The molecule has 13 rings (SSSR count). The molecule has 7 aromatic heterocycles. The molecule has 0 radical (unpaired) electrons. The third-order valence-corrected chi connectivity index (χ3v) is 19.6. The Hall–Kier alpha value is -5.18. The number of nitrogen functional groups attached to an aromatic ring is 4. The number of aliphatic hydroxyl groups is 1. The van der Waals surface area contributed by atoms with Crippen LogP contribution in [0.3, 0.4) is 0 Å². The fourth-order valence-electron chi connectivity index (χ4n) is 10.5. The molecule has 0 aliphatic heterocycles. The predicted octanol–water partition coefficient (Wildman–Crippen LogP) is 16.9. The van der Waals surface area contributed by atoms with Gasteiger partial charge in [0.2, 0.25) is 17.8 Å². The molecule has 14 N–H and O–H groups in total. The Balaban J connectivity index is 0.000000239. The van der Waals surface area contributed by atoms with Crippen LogP contribution in [0.25, 0.3) is 30.6 Å². The molecule has 0 saturated carbocycles. The first-order valence-corrected chi connectivity index (χ1v) is 37.8. The summed E-state index contributed by atoms with van der Waals surface area (Å²) in [6.45, 7) is 4.00. The lowest BCUT2D eigenvalue weighted by molar-refractivity contribution is 0.101. The maximum atomic E-state index is 11.8. The van der Waals surface area contributed by atoms with Crippen LogP contribution in [0, 0.1) is 5.41 Å². The van der Waals surface area contributed by atoms with Crippen LogP contribution in [-0.4, -0.2) is 81.0 Å². The fourth-order valence-corrected chi connectivity index (χ4v) is 15.9. The number of halogens is 7. The number of thiophene rings is 4. The van der Waals surface area contributed by atoms with Crippen molar-refractivity contribution in [3.8, 4) is 11.5 Å². The highest BCUT2D eigenvalue weighted by Gasteiger charge is 2.25. The Bertz CT molecular complexity index is 3960. The molecule has 9 aromatic rings. The van der Waals surface area contributed by atoms with Crippen molar-refractivity contribution in [3.63, 3.8) is 0 Å². The Kier molecular flexibility index (Phi) is 33.8. The van der Waals surface area contributed by atoms with Gasteiger partial charge in [0, 0.05) is 51.6 Å². The Labute approximate surface area is 594 Å². The molecular formula is C61H80Cl7N14O6PS4. The van der Waals surface area contributed by atoms with E-state index in [1.807, 2.05) is 62.6 Å². The Morgan fingerprint density at radius 2 is 1.08 bits per heavy atom. The number of aromatic amines is 1. The highest BCUT2D eigenvalue weighted by molar-refractivity contribution is 8.24. The van der Waals surface area contributed by atoms with Gasteiger partial charge in [0.1, 0.15) is 37.0 Å². The minimum atomic E-state index is -3.22. The number of methoxy groups -OCH3 is 2. The number of anilines is 7. The van der Waals surface area contributed by atoms with E-state index in [1.165, 1.54) is 98.5 Å². The number of carbonyl (C=O) groups is 1. The Morgan fingerprint density at radius 3 is 1.51 bits per heavy atom. The number of unbranched alkanes of at least 4 members (excludes halogenated alkanes) is 1. The number of hydrogen-bond donors (Lipinski definition) is 9. The molecule has 4 aliphatic rings. The average Bonchev–Trinajstić information content (AvgIpc) is 1.67. The van der Waals surface area contributed by atoms with Crippen LogP contribution < -0.4 is 53.9 Å². The number of hydrogen-bond acceptors (Lipinski definition) is 22. The number of fused-ring (bicyclic) bond motifs is 10. The minimum Gasteiger partial charge on any atom is -0.497 e. The van der Waals surface area contributed by atoms with Crippen molar-refractivity contribution in [1.82, 2.24) is 29.9 Å². The van der Waals surface area contributed by atoms with E-state index in [-0.39, 0.29) is 53.3 Å². The second-order valence-corrected chi connectivity index (χ2v) is 32.8. The smallest absolute Gasteiger partial charge is 0.339 e. The highest BCUT2D eigenvalue weighted by atomic mass is 36.0. The van der Waals surface area contributed by atoms with Crippen LogP contribution in [0.15, 0.2) is 53.3 Å². The first-order chi connectivity index (χ1) is 43.4. The molecule has 93 heavy (non-hydrogen) atoms. The summed E-state index contributed by atoms with van der Waals surface area (Å²) in [6, 6.07) is 15.8. The molecule has 0 saturated heterocycles. The fraction of sp³-hybridized carbons (Fsp3) is 0.410. The Morgan fingerprint density at radius 1 is 0.677 bits per heavy atom. The van der Waals surface area contributed by atoms with E-state index in [0.29, 0.717) is 17.7 Å². The normalized spacial score (nSPS) is 13.0. The number of benzene rings is 2. The van der Waals surface area contributed by atoms with Crippen molar-refractivity contribution in [2.75, 3.05) is 68.1 Å². The van der Waals surface area contributed by atoms with Crippen LogP contribution in [0.2, 0.25) is 5.15 Å². The molecule has 508 valence electrons. The third-order valence-electron chi connectivity index (χ3n) is 14.7. The molecular weight excluding hydrogens is 1430 g/mol. The number of rotatable bonds is 8. The first kappa shape index (κ1) is 80.3. The lowest BCUT2D eigenvalue weighted by atomic mass is 9.94. The van der Waals surface area contributed by atoms with Crippen molar-refractivity contribution >= 4 is 214 Å². The van der Waals surface area contributed by atoms with Crippen molar-refractivity contribution in [2.24, 2.45) is 5.73 Å². The summed E-state index contributed by atoms with van der Waals surface area (Å²) in [6.07, 6.45) is 20.6. The second kappa shape index (κ2) is 39.1. The number of aliphatic hydroxyl groups excluding tert-OH is 1. The van der Waals surface area contributed by atoms with Gasteiger partial charge in [-0.05, 0) is 232 Å². The van der Waals surface area contributed by atoms with Gasteiger partial charge < -0.3 is 53.5 Å². The summed E-state index contributed by atoms with van der Waals surface area (Å²) in [4.78, 5) is 57.5. The molecule has 2 aromatic carbocycles. The number of nitrogens with zero attached hydrogens (tertiary/aromatic N) is 6. The molecule has 0 unspecified atom stereocenters. The number of nitrogens with two attached hydrogens (primary N) is 5. The number of ketones is 1. The largest absolute Gasteiger partial charge is 0.497 e. The maximum absolute atomic E-state index is 11.8. The zero-order valence-electron chi connectivity index (χ0n) is 52.4. The number of Topliss-reactive ketones (excluding diaryl/α,β-unsaturated/α-hetero) is 1. The highest BCUT2D eigenvalue weighted by Crippen LogP contribution is 2.61. The maximum Gasteiger partial charge on any atom is 0.339 e. The number of nitrogens with one attached hydrogen (secondary N) is 3. The minimum absolute atomic E-state index is 0. The molecule has 0 amide bonds. The number of carbonyl (C=O) groups excluding carboxylic acids is 1. The van der Waals surface area contributed by atoms with E-state index in [1.54, 1.807) is 66.5 Å². The molecule has 0 bridgehead atoms. The first-order valence-electron chi connectivity index (χ1n) is 29.4. The van der Waals surface area contributed by atoms with E-state index >= 15 is 0 Å². The van der Waals surface area contributed by atoms with Gasteiger partial charge in [-0.1, -0.05) is 24.9 Å². The summed E-state index contributed by atoms with van der Waals surface area (Å²) in [7, 11) is 7.25. The number of aryl methyl sites for hydroxylation is 7. The van der Waals surface area contributed by atoms with E-state index in [0.717, 1.165) is 129 Å². The van der Waals surface area contributed by atoms with E-state index in [4.69, 9.17) is 54.5 Å². The van der Waals surface area contributed by atoms with Crippen molar-refractivity contribution in [1.29, 1.82) is 5.41 Å². The van der Waals surface area contributed by atoms with Gasteiger partial charge in [-0.3, -0.25) is 24.5 Å². The molecule has 0 atom stereocenters. The van der Waals surface area contributed by atoms with Crippen LogP contribution in [0.1, 0.15) is 130 Å². The van der Waals surface area contributed by atoms with Gasteiger partial charge in [0.05, 0.1) is 40.9 Å². The quantitative estimate of drug-likeness (QED) is 0.0170. The lowest BCUT2D eigenvalue weighted by Crippen LogP contribution is -2.14. The summed E-state index contributed by atoms with van der Waals surface area (Å²) >= 11 is 31.3. The van der Waals surface area contributed by atoms with Gasteiger partial charge >= 0.3 is 5.20 Å². The summed E-state index contributed by atoms with van der Waals surface area (Å²) in [5.74, 6) is 3.55.